The Labute approximate surface area is 152 Å². The Kier molecular flexibility index (Phi) is 4.30. The number of hydrogen-bond acceptors (Lipinski definition) is 6. The molecule has 2 aliphatic heterocycles. The van der Waals surface area contributed by atoms with Crippen LogP contribution in [-0.2, 0) is 0 Å². The molecule has 4 heterocycles. The number of nitrogens with zero attached hydrogens (tertiary/aromatic N) is 5. The lowest BCUT2D eigenvalue weighted by atomic mass is 9.76. The standard InChI is InChI=1S/C18H26N6O2/c1-12(2)16-21-15(22-26-16)14-8-18(11-23(14)3)4-6-24(7-5-18)17(25)13-9-19-20-10-13/h9-10,12,14H,4-8,11H2,1-3H3,(H,19,20). The SMILES string of the molecule is CC(C)c1nc(C2CC3(CCN(C(=O)c4cn[nH]c4)CC3)CN2C)no1. The Bertz CT molecular complexity index is 761. The summed E-state index contributed by atoms with van der Waals surface area (Å²) in [6, 6.07) is 0.197. The first-order valence-electron chi connectivity index (χ1n) is 9.29. The van der Waals surface area contributed by atoms with Crippen molar-refractivity contribution < 1.29 is 9.32 Å². The molecule has 1 atom stereocenters. The molecule has 4 rings (SSSR count). The molecule has 140 valence electrons. The summed E-state index contributed by atoms with van der Waals surface area (Å²) in [6.45, 7) is 6.70. The van der Waals surface area contributed by atoms with E-state index in [0.29, 0.717) is 11.5 Å². The van der Waals surface area contributed by atoms with E-state index >= 15 is 0 Å². The summed E-state index contributed by atoms with van der Waals surface area (Å²) in [5.41, 5.74) is 0.862. The highest BCUT2D eigenvalue weighted by Gasteiger charge is 2.46. The van der Waals surface area contributed by atoms with Crippen molar-refractivity contribution in [2.75, 3.05) is 26.7 Å². The number of carbonyl (C=O) groups excluding carboxylic acids is 1. The fourth-order valence-corrected chi connectivity index (χ4v) is 4.27. The second-order valence-electron chi connectivity index (χ2n) is 8.06. The number of piperidine rings is 1. The Hall–Kier alpha value is -2.22. The van der Waals surface area contributed by atoms with Crippen molar-refractivity contribution in [2.24, 2.45) is 5.41 Å². The molecule has 0 bridgehead atoms. The van der Waals surface area contributed by atoms with Gasteiger partial charge in [-0.3, -0.25) is 14.8 Å². The first-order valence-corrected chi connectivity index (χ1v) is 9.29. The maximum absolute atomic E-state index is 12.5. The average Bonchev–Trinajstić information content (AvgIpc) is 3.35. The number of likely N-dealkylation sites (tertiary alicyclic amines) is 2. The molecule has 26 heavy (non-hydrogen) atoms. The first-order chi connectivity index (χ1) is 12.5. The summed E-state index contributed by atoms with van der Waals surface area (Å²) >= 11 is 0. The zero-order valence-electron chi connectivity index (χ0n) is 15.6. The van der Waals surface area contributed by atoms with Crippen molar-refractivity contribution in [3.8, 4) is 0 Å². The van der Waals surface area contributed by atoms with Gasteiger partial charge in [0.1, 0.15) is 0 Å². The highest BCUT2D eigenvalue weighted by molar-refractivity contribution is 5.93. The Morgan fingerprint density at radius 1 is 1.38 bits per heavy atom. The lowest BCUT2D eigenvalue weighted by Crippen LogP contribution is -2.44. The van der Waals surface area contributed by atoms with Crippen LogP contribution in [0, 0.1) is 5.41 Å². The molecule has 0 aliphatic carbocycles. The zero-order valence-corrected chi connectivity index (χ0v) is 15.6. The van der Waals surface area contributed by atoms with Crippen LogP contribution >= 0.6 is 0 Å². The highest BCUT2D eigenvalue weighted by atomic mass is 16.5. The Morgan fingerprint density at radius 2 is 2.15 bits per heavy atom. The molecular weight excluding hydrogens is 332 g/mol. The van der Waals surface area contributed by atoms with E-state index in [1.54, 1.807) is 12.4 Å². The molecule has 1 amide bonds. The highest BCUT2D eigenvalue weighted by Crippen LogP contribution is 2.47. The van der Waals surface area contributed by atoms with Crippen molar-refractivity contribution in [1.29, 1.82) is 0 Å². The first kappa shape index (κ1) is 17.2. The monoisotopic (exact) mass is 358 g/mol. The molecule has 8 heteroatoms. The van der Waals surface area contributed by atoms with Crippen molar-refractivity contribution in [3.63, 3.8) is 0 Å². The van der Waals surface area contributed by atoms with Gasteiger partial charge >= 0.3 is 0 Å². The molecule has 2 aromatic heterocycles. The number of rotatable bonds is 3. The summed E-state index contributed by atoms with van der Waals surface area (Å²) in [5, 5.41) is 10.8. The average molecular weight is 358 g/mol. The summed E-state index contributed by atoms with van der Waals surface area (Å²) in [6.07, 6.45) is 6.29. The topological polar surface area (TPSA) is 91.2 Å². The Morgan fingerprint density at radius 3 is 2.77 bits per heavy atom. The quantitative estimate of drug-likeness (QED) is 0.904. The second-order valence-corrected chi connectivity index (χ2v) is 8.06. The van der Waals surface area contributed by atoms with Gasteiger partial charge in [-0.05, 0) is 31.7 Å². The number of H-pyrrole nitrogens is 1. The molecule has 0 radical (unpaired) electrons. The molecule has 2 saturated heterocycles. The predicted molar refractivity (Wildman–Crippen MR) is 94.5 cm³/mol. The van der Waals surface area contributed by atoms with Crippen molar-refractivity contribution >= 4 is 5.91 Å². The molecule has 1 unspecified atom stereocenters. The van der Waals surface area contributed by atoms with E-state index < -0.39 is 0 Å². The molecule has 1 spiro atoms. The van der Waals surface area contributed by atoms with Crippen LogP contribution in [0.4, 0.5) is 0 Å². The minimum atomic E-state index is 0.0660. The van der Waals surface area contributed by atoms with E-state index in [2.05, 4.69) is 46.1 Å². The van der Waals surface area contributed by atoms with Gasteiger partial charge < -0.3 is 9.42 Å². The molecule has 8 nitrogen and oxygen atoms in total. The number of carbonyl (C=O) groups is 1. The van der Waals surface area contributed by atoms with Crippen LogP contribution in [0.15, 0.2) is 16.9 Å². The van der Waals surface area contributed by atoms with Crippen LogP contribution in [0.3, 0.4) is 0 Å². The van der Waals surface area contributed by atoms with Crippen LogP contribution in [0.1, 0.15) is 67.1 Å². The number of nitrogens with one attached hydrogen (secondary N) is 1. The minimum absolute atomic E-state index is 0.0660. The van der Waals surface area contributed by atoms with Crippen molar-refractivity contribution in [3.05, 3.63) is 29.7 Å². The summed E-state index contributed by atoms with van der Waals surface area (Å²) in [5.74, 6) is 1.81. The fraction of sp³-hybridized carbons (Fsp3) is 0.667. The van der Waals surface area contributed by atoms with Gasteiger partial charge in [-0.25, -0.2) is 0 Å². The van der Waals surface area contributed by atoms with Gasteiger partial charge in [0.15, 0.2) is 5.82 Å². The molecular formula is C18H26N6O2. The lowest BCUT2D eigenvalue weighted by Gasteiger charge is -2.39. The smallest absolute Gasteiger partial charge is 0.257 e. The molecule has 2 aliphatic rings. The third-order valence-electron chi connectivity index (χ3n) is 5.85. The van der Waals surface area contributed by atoms with Gasteiger partial charge in [0.2, 0.25) is 5.89 Å². The number of hydrogen-bond donors (Lipinski definition) is 1. The van der Waals surface area contributed by atoms with Crippen LogP contribution < -0.4 is 0 Å². The largest absolute Gasteiger partial charge is 0.339 e. The molecule has 2 aromatic rings. The predicted octanol–water partition coefficient (Wildman–Crippen LogP) is 2.22. The maximum Gasteiger partial charge on any atom is 0.257 e. The second kappa shape index (κ2) is 6.50. The van der Waals surface area contributed by atoms with Gasteiger partial charge in [0.25, 0.3) is 5.91 Å². The number of amides is 1. The van der Waals surface area contributed by atoms with Gasteiger partial charge in [0.05, 0.1) is 17.8 Å². The fourth-order valence-electron chi connectivity index (χ4n) is 4.27. The van der Waals surface area contributed by atoms with E-state index in [9.17, 15) is 4.79 Å². The zero-order chi connectivity index (χ0) is 18.3. The van der Waals surface area contributed by atoms with E-state index in [-0.39, 0.29) is 23.3 Å². The van der Waals surface area contributed by atoms with Crippen LogP contribution in [-0.4, -0.2) is 62.7 Å². The van der Waals surface area contributed by atoms with Crippen LogP contribution in [0.25, 0.3) is 0 Å². The van der Waals surface area contributed by atoms with Crippen LogP contribution in [0.2, 0.25) is 0 Å². The lowest BCUT2D eigenvalue weighted by molar-refractivity contribution is 0.0593. The number of aromatic amines is 1. The summed E-state index contributed by atoms with van der Waals surface area (Å²) in [4.78, 5) is 21.4. The minimum Gasteiger partial charge on any atom is -0.339 e. The van der Waals surface area contributed by atoms with Gasteiger partial charge in [0, 0.05) is 31.7 Å². The summed E-state index contributed by atoms with van der Waals surface area (Å²) < 4.78 is 5.40. The Balaban J connectivity index is 1.42. The maximum atomic E-state index is 12.5. The van der Waals surface area contributed by atoms with Crippen molar-refractivity contribution in [2.45, 2.75) is 45.1 Å². The molecule has 2 fully saturated rings. The van der Waals surface area contributed by atoms with Crippen molar-refractivity contribution in [1.82, 2.24) is 30.1 Å². The van der Waals surface area contributed by atoms with E-state index in [1.165, 1.54) is 0 Å². The normalized spacial score (nSPS) is 23.2. The third kappa shape index (κ3) is 3.02. The third-order valence-corrected chi connectivity index (χ3v) is 5.85. The van der Waals surface area contributed by atoms with Crippen LogP contribution in [0.5, 0.6) is 0 Å². The molecule has 0 aromatic carbocycles. The van der Waals surface area contributed by atoms with Gasteiger partial charge in [-0.2, -0.15) is 10.1 Å². The van der Waals surface area contributed by atoms with E-state index in [1.807, 2.05) is 4.90 Å². The number of aromatic nitrogens is 4. The van der Waals surface area contributed by atoms with Gasteiger partial charge in [-0.1, -0.05) is 19.0 Å². The molecule has 0 saturated carbocycles. The van der Waals surface area contributed by atoms with E-state index in [0.717, 1.165) is 44.7 Å². The van der Waals surface area contributed by atoms with Gasteiger partial charge in [-0.15, -0.1) is 0 Å². The summed E-state index contributed by atoms with van der Waals surface area (Å²) in [7, 11) is 2.13. The molecule has 1 N–H and O–H groups in total. The van der Waals surface area contributed by atoms with E-state index in [4.69, 9.17) is 4.52 Å².